The van der Waals surface area contributed by atoms with E-state index in [0.717, 1.165) is 0 Å². The molecular formula is C14H12BrF2NO. The van der Waals surface area contributed by atoms with Crippen LogP contribution in [0.2, 0.25) is 0 Å². The molecule has 2 rings (SSSR count). The second kappa shape index (κ2) is 5.67. The van der Waals surface area contributed by atoms with E-state index in [1.165, 1.54) is 25.3 Å². The van der Waals surface area contributed by atoms with Gasteiger partial charge in [0.25, 0.3) is 0 Å². The summed E-state index contributed by atoms with van der Waals surface area (Å²) in [6.07, 6.45) is 0. The molecule has 0 aliphatic carbocycles. The summed E-state index contributed by atoms with van der Waals surface area (Å²) in [6.45, 7) is 0. The molecule has 0 saturated carbocycles. The predicted octanol–water partition coefficient (Wildman–Crippen LogP) is 3.78. The monoisotopic (exact) mass is 327 g/mol. The lowest BCUT2D eigenvalue weighted by Crippen LogP contribution is -2.15. The van der Waals surface area contributed by atoms with Gasteiger partial charge in [-0.05, 0) is 45.8 Å². The number of ether oxygens (including phenoxy) is 1. The standard InChI is InChI=1S/C14H12BrF2NO/c1-19-12-6-5-8(7-9(12)15)14(18)13-10(16)3-2-4-11(13)17/h2-7,14H,18H2,1H3. The van der Waals surface area contributed by atoms with Crippen molar-refractivity contribution in [2.24, 2.45) is 5.73 Å². The number of hydrogen-bond donors (Lipinski definition) is 1. The molecule has 100 valence electrons. The summed E-state index contributed by atoms with van der Waals surface area (Å²) >= 11 is 3.32. The topological polar surface area (TPSA) is 35.2 Å². The van der Waals surface area contributed by atoms with Gasteiger partial charge < -0.3 is 10.5 Å². The molecule has 0 aliphatic heterocycles. The minimum atomic E-state index is -0.872. The molecule has 19 heavy (non-hydrogen) atoms. The van der Waals surface area contributed by atoms with Gasteiger partial charge in [-0.25, -0.2) is 8.78 Å². The van der Waals surface area contributed by atoms with E-state index in [1.54, 1.807) is 18.2 Å². The average molecular weight is 328 g/mol. The van der Waals surface area contributed by atoms with Crippen LogP contribution in [0.1, 0.15) is 17.2 Å². The van der Waals surface area contributed by atoms with Crippen LogP contribution in [0.3, 0.4) is 0 Å². The highest BCUT2D eigenvalue weighted by Gasteiger charge is 2.18. The molecule has 1 unspecified atom stereocenters. The first-order valence-corrected chi connectivity index (χ1v) is 6.37. The number of benzene rings is 2. The molecule has 0 aliphatic rings. The lowest BCUT2D eigenvalue weighted by Gasteiger charge is -2.15. The van der Waals surface area contributed by atoms with Crippen molar-refractivity contribution in [2.75, 3.05) is 7.11 Å². The van der Waals surface area contributed by atoms with Crippen molar-refractivity contribution in [3.8, 4) is 5.75 Å². The van der Waals surface area contributed by atoms with Crippen LogP contribution < -0.4 is 10.5 Å². The van der Waals surface area contributed by atoms with Crippen LogP contribution in [0.5, 0.6) is 5.75 Å². The first kappa shape index (κ1) is 14.0. The second-order valence-corrected chi connectivity index (χ2v) is 4.86. The number of halogens is 3. The Bertz CT molecular complexity index is 584. The molecule has 0 radical (unpaired) electrons. The first-order valence-electron chi connectivity index (χ1n) is 5.57. The van der Waals surface area contributed by atoms with E-state index in [9.17, 15) is 8.78 Å². The van der Waals surface area contributed by atoms with Crippen molar-refractivity contribution in [1.29, 1.82) is 0 Å². The molecule has 0 aromatic heterocycles. The zero-order valence-electron chi connectivity index (χ0n) is 10.2. The number of nitrogens with two attached hydrogens (primary N) is 1. The fourth-order valence-electron chi connectivity index (χ4n) is 1.85. The number of hydrogen-bond acceptors (Lipinski definition) is 2. The van der Waals surface area contributed by atoms with Crippen molar-refractivity contribution in [2.45, 2.75) is 6.04 Å². The third-order valence-corrected chi connectivity index (χ3v) is 3.47. The van der Waals surface area contributed by atoms with Crippen LogP contribution >= 0.6 is 15.9 Å². The van der Waals surface area contributed by atoms with E-state index in [2.05, 4.69) is 15.9 Å². The van der Waals surface area contributed by atoms with Gasteiger partial charge in [-0.15, -0.1) is 0 Å². The summed E-state index contributed by atoms with van der Waals surface area (Å²) in [7, 11) is 1.54. The second-order valence-electron chi connectivity index (χ2n) is 4.01. The fraction of sp³-hybridized carbons (Fsp3) is 0.143. The first-order chi connectivity index (χ1) is 9.04. The molecule has 2 aromatic rings. The predicted molar refractivity (Wildman–Crippen MR) is 73.1 cm³/mol. The summed E-state index contributed by atoms with van der Waals surface area (Å²) in [6, 6.07) is 7.88. The van der Waals surface area contributed by atoms with Gasteiger partial charge in [0, 0.05) is 5.56 Å². The molecule has 5 heteroatoms. The minimum Gasteiger partial charge on any atom is -0.496 e. The summed E-state index contributed by atoms with van der Waals surface area (Å²) in [5, 5.41) is 0. The highest BCUT2D eigenvalue weighted by molar-refractivity contribution is 9.10. The van der Waals surface area contributed by atoms with Crippen LogP contribution in [-0.2, 0) is 0 Å². The quantitative estimate of drug-likeness (QED) is 0.931. The van der Waals surface area contributed by atoms with Gasteiger partial charge in [0.1, 0.15) is 17.4 Å². The van der Waals surface area contributed by atoms with Gasteiger partial charge in [0.05, 0.1) is 17.6 Å². The van der Waals surface area contributed by atoms with E-state index >= 15 is 0 Å². The van der Waals surface area contributed by atoms with E-state index in [-0.39, 0.29) is 5.56 Å². The summed E-state index contributed by atoms with van der Waals surface area (Å²) in [5.41, 5.74) is 6.39. The van der Waals surface area contributed by atoms with Crippen LogP contribution in [0.4, 0.5) is 8.78 Å². The Labute approximate surface area is 118 Å². The highest BCUT2D eigenvalue weighted by Crippen LogP contribution is 2.31. The Balaban J connectivity index is 2.44. The maximum Gasteiger partial charge on any atom is 0.133 e. The maximum absolute atomic E-state index is 13.7. The Kier molecular flexibility index (Phi) is 4.17. The van der Waals surface area contributed by atoms with Gasteiger partial charge in [-0.3, -0.25) is 0 Å². The molecule has 0 fully saturated rings. The van der Waals surface area contributed by atoms with Crippen molar-refractivity contribution in [3.05, 3.63) is 63.6 Å². The zero-order chi connectivity index (χ0) is 14.0. The zero-order valence-corrected chi connectivity index (χ0v) is 11.7. The summed E-state index contributed by atoms with van der Waals surface area (Å²) in [5.74, 6) is -0.677. The summed E-state index contributed by atoms with van der Waals surface area (Å²) in [4.78, 5) is 0. The van der Waals surface area contributed by atoms with Gasteiger partial charge in [0.2, 0.25) is 0 Å². The van der Waals surface area contributed by atoms with Crippen molar-refractivity contribution < 1.29 is 13.5 Å². The van der Waals surface area contributed by atoms with E-state index < -0.39 is 17.7 Å². The van der Waals surface area contributed by atoms with E-state index in [4.69, 9.17) is 10.5 Å². The maximum atomic E-state index is 13.7. The van der Waals surface area contributed by atoms with Crippen LogP contribution in [0, 0.1) is 11.6 Å². The molecule has 2 N–H and O–H groups in total. The summed E-state index contributed by atoms with van der Waals surface area (Å²) < 4.78 is 33.1. The van der Waals surface area contributed by atoms with Gasteiger partial charge in [-0.2, -0.15) is 0 Å². The molecule has 0 amide bonds. The van der Waals surface area contributed by atoms with Crippen molar-refractivity contribution in [3.63, 3.8) is 0 Å². The molecule has 1 atom stereocenters. The SMILES string of the molecule is COc1ccc(C(N)c2c(F)cccc2F)cc1Br. The van der Waals surface area contributed by atoms with Gasteiger partial charge >= 0.3 is 0 Å². The Morgan fingerprint density at radius 3 is 2.32 bits per heavy atom. The molecule has 0 bridgehead atoms. The van der Waals surface area contributed by atoms with Crippen molar-refractivity contribution >= 4 is 15.9 Å². The van der Waals surface area contributed by atoms with Crippen LogP contribution in [0.25, 0.3) is 0 Å². The molecular weight excluding hydrogens is 316 g/mol. The number of rotatable bonds is 3. The largest absolute Gasteiger partial charge is 0.496 e. The molecule has 2 nitrogen and oxygen atoms in total. The van der Waals surface area contributed by atoms with E-state index in [0.29, 0.717) is 15.8 Å². The van der Waals surface area contributed by atoms with E-state index in [1.807, 2.05) is 0 Å². The van der Waals surface area contributed by atoms with Crippen LogP contribution in [-0.4, -0.2) is 7.11 Å². The molecule has 0 spiro atoms. The average Bonchev–Trinajstić information content (AvgIpc) is 2.38. The molecule has 0 heterocycles. The Hall–Kier alpha value is -1.46. The lowest BCUT2D eigenvalue weighted by molar-refractivity contribution is 0.412. The molecule has 2 aromatic carbocycles. The smallest absolute Gasteiger partial charge is 0.133 e. The van der Waals surface area contributed by atoms with Crippen molar-refractivity contribution in [1.82, 2.24) is 0 Å². The highest BCUT2D eigenvalue weighted by atomic mass is 79.9. The fourth-order valence-corrected chi connectivity index (χ4v) is 2.41. The van der Waals surface area contributed by atoms with Gasteiger partial charge in [0.15, 0.2) is 0 Å². The third kappa shape index (κ3) is 2.77. The van der Waals surface area contributed by atoms with Crippen LogP contribution in [0.15, 0.2) is 40.9 Å². The van der Waals surface area contributed by atoms with Gasteiger partial charge in [-0.1, -0.05) is 12.1 Å². The Morgan fingerprint density at radius 1 is 1.16 bits per heavy atom. The third-order valence-electron chi connectivity index (χ3n) is 2.85. The molecule has 0 saturated heterocycles. The Morgan fingerprint density at radius 2 is 1.79 bits per heavy atom. The number of methoxy groups -OCH3 is 1. The lowest BCUT2D eigenvalue weighted by atomic mass is 9.98. The minimum absolute atomic E-state index is 0.139. The normalized spacial score (nSPS) is 12.3.